The van der Waals surface area contributed by atoms with Crippen LogP contribution in [0, 0.1) is 5.82 Å². The van der Waals surface area contributed by atoms with E-state index in [1.807, 2.05) is 0 Å². The summed E-state index contributed by atoms with van der Waals surface area (Å²) < 4.78 is 18.6. The van der Waals surface area contributed by atoms with E-state index in [0.717, 1.165) is 29.3 Å². The maximum atomic E-state index is 13.2. The van der Waals surface area contributed by atoms with E-state index in [9.17, 15) is 18.8 Å². The largest absolute Gasteiger partial charge is 0.481 e. The molecule has 3 aromatic rings. The highest BCUT2D eigenvalue weighted by molar-refractivity contribution is 5.93. The van der Waals surface area contributed by atoms with Gasteiger partial charge in [-0.15, -0.1) is 0 Å². The van der Waals surface area contributed by atoms with E-state index in [1.54, 1.807) is 24.3 Å². The molecule has 138 valence electrons. The van der Waals surface area contributed by atoms with E-state index in [-0.39, 0.29) is 29.7 Å². The van der Waals surface area contributed by atoms with Crippen LogP contribution in [0.2, 0.25) is 0 Å². The number of fused-ring (bicyclic) bond motifs is 1. The van der Waals surface area contributed by atoms with Crippen molar-refractivity contribution >= 4 is 22.8 Å². The molecule has 1 aromatic heterocycles. The summed E-state index contributed by atoms with van der Waals surface area (Å²) in [6, 6.07) is 11.7. The van der Waals surface area contributed by atoms with E-state index in [1.165, 1.54) is 6.07 Å². The average molecular weight is 369 g/mol. The predicted octanol–water partition coefficient (Wildman–Crippen LogP) is 2.88. The smallest absolute Gasteiger partial charge is 0.303 e. The lowest BCUT2D eigenvalue weighted by atomic mass is 10.0. The third kappa shape index (κ3) is 4.38. The minimum atomic E-state index is -0.900. The highest BCUT2D eigenvalue weighted by Crippen LogP contribution is 2.15. The molecule has 1 heterocycles. The van der Waals surface area contributed by atoms with Crippen molar-refractivity contribution in [1.29, 1.82) is 0 Å². The molecule has 27 heavy (non-hydrogen) atoms. The molecule has 0 fully saturated rings. The summed E-state index contributed by atoms with van der Waals surface area (Å²) >= 11 is 0. The second-order valence-corrected chi connectivity index (χ2v) is 5.96. The number of carbonyl (C=O) groups is 2. The van der Waals surface area contributed by atoms with Crippen LogP contribution >= 0.6 is 0 Å². The molecule has 7 heteroatoms. The molecule has 0 saturated carbocycles. The molecule has 0 unspecified atom stereocenters. The zero-order valence-corrected chi connectivity index (χ0v) is 14.2. The van der Waals surface area contributed by atoms with Gasteiger partial charge in [0, 0.05) is 19.0 Å². The number of amides is 1. The summed E-state index contributed by atoms with van der Waals surface area (Å²) in [7, 11) is 0. The van der Waals surface area contributed by atoms with Crippen LogP contribution in [0.3, 0.4) is 0 Å². The van der Waals surface area contributed by atoms with Gasteiger partial charge in [0.25, 0.3) is 5.91 Å². The fourth-order valence-corrected chi connectivity index (χ4v) is 2.72. The van der Waals surface area contributed by atoms with Crippen molar-refractivity contribution in [3.8, 4) is 0 Å². The number of halogens is 1. The second kappa shape index (κ2) is 7.82. The van der Waals surface area contributed by atoms with Crippen molar-refractivity contribution in [3.05, 3.63) is 81.5 Å². The molecular formula is C20H16FNO5. The number of hydrogen-bond donors (Lipinski definition) is 2. The summed E-state index contributed by atoms with van der Waals surface area (Å²) in [5, 5.41) is 11.5. The Hall–Kier alpha value is -3.48. The quantitative estimate of drug-likeness (QED) is 0.696. The molecule has 0 saturated heterocycles. The van der Waals surface area contributed by atoms with E-state index >= 15 is 0 Å². The first-order valence-corrected chi connectivity index (χ1v) is 8.24. The zero-order valence-electron chi connectivity index (χ0n) is 14.2. The van der Waals surface area contributed by atoms with Crippen molar-refractivity contribution in [2.75, 3.05) is 0 Å². The Bertz CT molecular complexity index is 1070. The summed E-state index contributed by atoms with van der Waals surface area (Å²) in [4.78, 5) is 35.2. The molecular weight excluding hydrogens is 353 g/mol. The molecule has 2 N–H and O–H groups in total. The lowest BCUT2D eigenvalue weighted by Crippen LogP contribution is -2.24. The molecule has 3 rings (SSSR count). The first-order valence-electron chi connectivity index (χ1n) is 8.24. The number of aryl methyl sites for hydroxylation is 1. The van der Waals surface area contributed by atoms with Crippen LogP contribution in [0.4, 0.5) is 4.39 Å². The second-order valence-electron chi connectivity index (χ2n) is 5.96. The van der Waals surface area contributed by atoms with Crippen LogP contribution in [0.1, 0.15) is 28.1 Å². The third-order valence-electron chi connectivity index (χ3n) is 4.08. The SMILES string of the molecule is O=C(O)CCc1ccccc1CNC(=O)c1cc(=O)c2cc(F)ccc2o1. The number of carboxylic acid groups (broad SMARTS) is 1. The lowest BCUT2D eigenvalue weighted by Gasteiger charge is -2.10. The van der Waals surface area contributed by atoms with E-state index in [4.69, 9.17) is 9.52 Å². The van der Waals surface area contributed by atoms with Crippen LogP contribution in [-0.4, -0.2) is 17.0 Å². The van der Waals surface area contributed by atoms with Gasteiger partial charge in [0.2, 0.25) is 0 Å². The van der Waals surface area contributed by atoms with E-state index in [0.29, 0.717) is 6.42 Å². The van der Waals surface area contributed by atoms with Gasteiger partial charge in [0.05, 0.1) is 5.39 Å². The van der Waals surface area contributed by atoms with Crippen molar-refractivity contribution in [2.45, 2.75) is 19.4 Å². The molecule has 0 radical (unpaired) electrons. The van der Waals surface area contributed by atoms with Crippen LogP contribution in [0.25, 0.3) is 11.0 Å². The number of hydrogen-bond acceptors (Lipinski definition) is 4. The first kappa shape index (κ1) is 18.3. The summed E-state index contributed by atoms with van der Waals surface area (Å²) in [6.45, 7) is 0.153. The van der Waals surface area contributed by atoms with Gasteiger partial charge in [-0.1, -0.05) is 24.3 Å². The van der Waals surface area contributed by atoms with E-state index < -0.39 is 23.1 Å². The van der Waals surface area contributed by atoms with Gasteiger partial charge in [-0.3, -0.25) is 14.4 Å². The Labute approximate surface area is 153 Å². The minimum Gasteiger partial charge on any atom is -0.481 e. The van der Waals surface area contributed by atoms with Gasteiger partial charge in [0.1, 0.15) is 11.4 Å². The number of carbonyl (C=O) groups excluding carboxylic acids is 1. The highest BCUT2D eigenvalue weighted by atomic mass is 19.1. The standard InChI is InChI=1S/C20H16FNO5/c21-14-6-7-17-15(9-14)16(23)10-18(27-17)20(26)22-11-13-4-2-1-3-12(13)5-8-19(24)25/h1-4,6-7,9-10H,5,8,11H2,(H,22,26)(H,24,25). The first-order chi connectivity index (χ1) is 12.9. The average Bonchev–Trinajstić information content (AvgIpc) is 2.65. The number of rotatable bonds is 6. The summed E-state index contributed by atoms with van der Waals surface area (Å²) in [5.41, 5.74) is 1.20. The fraction of sp³-hybridized carbons (Fsp3) is 0.150. The Morgan fingerprint density at radius 1 is 1.07 bits per heavy atom. The normalized spacial score (nSPS) is 10.7. The van der Waals surface area contributed by atoms with Crippen molar-refractivity contribution in [2.24, 2.45) is 0 Å². The Morgan fingerprint density at radius 3 is 2.56 bits per heavy atom. The number of aliphatic carboxylic acids is 1. The van der Waals surface area contributed by atoms with Crippen molar-refractivity contribution < 1.29 is 23.5 Å². The predicted molar refractivity (Wildman–Crippen MR) is 96.0 cm³/mol. The van der Waals surface area contributed by atoms with Crippen LogP contribution in [0.15, 0.2) is 57.7 Å². The molecule has 1 amide bonds. The fourth-order valence-electron chi connectivity index (χ4n) is 2.72. The van der Waals surface area contributed by atoms with Crippen LogP contribution < -0.4 is 10.7 Å². The van der Waals surface area contributed by atoms with Gasteiger partial charge in [0.15, 0.2) is 11.2 Å². The topological polar surface area (TPSA) is 96.6 Å². The molecule has 0 aliphatic heterocycles. The Morgan fingerprint density at radius 2 is 1.81 bits per heavy atom. The third-order valence-corrected chi connectivity index (χ3v) is 4.08. The molecule has 0 aliphatic rings. The van der Waals surface area contributed by atoms with Crippen molar-refractivity contribution in [1.82, 2.24) is 5.32 Å². The lowest BCUT2D eigenvalue weighted by molar-refractivity contribution is -0.136. The monoisotopic (exact) mass is 369 g/mol. The molecule has 2 aromatic carbocycles. The van der Waals surface area contributed by atoms with Gasteiger partial charge >= 0.3 is 5.97 Å². The Balaban J connectivity index is 1.77. The molecule has 0 aliphatic carbocycles. The number of nitrogens with one attached hydrogen (secondary N) is 1. The van der Waals surface area contributed by atoms with Crippen LogP contribution in [0.5, 0.6) is 0 Å². The van der Waals surface area contributed by atoms with Gasteiger partial charge in [-0.2, -0.15) is 0 Å². The molecule has 0 bridgehead atoms. The van der Waals surface area contributed by atoms with Crippen LogP contribution in [-0.2, 0) is 17.8 Å². The van der Waals surface area contributed by atoms with Gasteiger partial charge < -0.3 is 14.8 Å². The maximum absolute atomic E-state index is 13.2. The Kier molecular flexibility index (Phi) is 5.30. The number of carboxylic acids is 1. The molecule has 0 spiro atoms. The zero-order chi connectivity index (χ0) is 19.4. The minimum absolute atomic E-state index is 0.0128. The molecule has 6 nitrogen and oxygen atoms in total. The summed E-state index contributed by atoms with van der Waals surface area (Å²) in [5.74, 6) is -2.23. The van der Waals surface area contributed by atoms with Crippen molar-refractivity contribution in [3.63, 3.8) is 0 Å². The number of benzene rings is 2. The highest BCUT2D eigenvalue weighted by Gasteiger charge is 2.13. The van der Waals surface area contributed by atoms with Gasteiger partial charge in [-0.25, -0.2) is 4.39 Å². The maximum Gasteiger partial charge on any atom is 0.303 e. The summed E-state index contributed by atoms with van der Waals surface area (Å²) in [6.07, 6.45) is 0.332. The van der Waals surface area contributed by atoms with Gasteiger partial charge in [-0.05, 0) is 35.7 Å². The molecule has 0 atom stereocenters. The van der Waals surface area contributed by atoms with E-state index in [2.05, 4.69) is 5.32 Å².